The number of nitrogens with zero attached hydrogens (tertiary/aromatic N) is 2. The van der Waals surface area contributed by atoms with Gasteiger partial charge in [0.25, 0.3) is 0 Å². The molecule has 0 radical (unpaired) electrons. The van der Waals surface area contributed by atoms with Gasteiger partial charge >= 0.3 is 0 Å². The van der Waals surface area contributed by atoms with E-state index in [2.05, 4.69) is 139 Å². The standard InChI is InChI=1S/C39H51N3O3S/c1-7-8-13-26-41-33-18-11-9-16-31(33)38(2,3)35(41)24-22-29-20-21-30(37(29)40-6)23-25-36-39(4,5)32-17-10-12-19-34(32)42(36)27-14-15-28-46-45-44-43/h9-12,16-19,22-25,43H,7-8,13-15,20-21,26-28H2,1-6H3/p+1/b30-23+,36-25+. The molecule has 0 unspecified atom stereocenters. The molecule has 0 spiro atoms. The highest BCUT2D eigenvalue weighted by molar-refractivity contribution is 7.94. The van der Waals surface area contributed by atoms with Crippen molar-refractivity contribution in [2.75, 3.05) is 30.8 Å². The van der Waals surface area contributed by atoms with Crippen molar-refractivity contribution >= 4 is 29.1 Å². The summed E-state index contributed by atoms with van der Waals surface area (Å²) in [6.07, 6.45) is 17.2. The van der Waals surface area contributed by atoms with Crippen molar-refractivity contribution in [3.05, 3.63) is 107 Å². The van der Waals surface area contributed by atoms with Crippen molar-refractivity contribution < 1.29 is 19.2 Å². The second-order valence-corrected chi connectivity index (χ2v) is 14.4. The summed E-state index contributed by atoms with van der Waals surface area (Å²) in [6, 6.07) is 17.7. The molecular formula is C39H52N3O3S+. The molecule has 0 saturated heterocycles. The van der Waals surface area contributed by atoms with Crippen LogP contribution in [0.15, 0.2) is 95.4 Å². The first-order valence-electron chi connectivity index (χ1n) is 17.0. The topological polar surface area (TPSA) is 57.0 Å². The summed E-state index contributed by atoms with van der Waals surface area (Å²) in [5.41, 5.74) is 12.0. The van der Waals surface area contributed by atoms with Crippen LogP contribution in [0.5, 0.6) is 0 Å². The van der Waals surface area contributed by atoms with Crippen molar-refractivity contribution in [2.24, 2.45) is 0 Å². The number of unbranched alkanes of at least 4 members (excludes halogenated alkanes) is 3. The molecule has 3 aliphatic rings. The third-order valence-electron chi connectivity index (χ3n) is 9.96. The summed E-state index contributed by atoms with van der Waals surface area (Å²) >= 11 is 1.13. The van der Waals surface area contributed by atoms with Crippen LogP contribution in [0.1, 0.15) is 90.7 Å². The van der Waals surface area contributed by atoms with Gasteiger partial charge in [-0.25, -0.2) is 5.26 Å². The summed E-state index contributed by atoms with van der Waals surface area (Å²) in [7, 11) is 2.06. The van der Waals surface area contributed by atoms with Gasteiger partial charge in [0.1, 0.15) is 6.54 Å². The van der Waals surface area contributed by atoms with E-state index >= 15 is 0 Å². The Hall–Kier alpha value is -3.10. The SMILES string of the molecule is CCCCC[N+]1=C(/C=C/C2=C(NC)C(=C/C=C3/N(CCCCSOOO)c4ccccc4C3(C)C)/CC2)C(C)(C)c2ccccc21. The number of rotatable bonds is 15. The molecule has 6 nitrogen and oxygen atoms in total. The van der Waals surface area contributed by atoms with Crippen LogP contribution >= 0.6 is 12.0 Å². The van der Waals surface area contributed by atoms with Crippen LogP contribution in [0.3, 0.4) is 0 Å². The highest BCUT2D eigenvalue weighted by Crippen LogP contribution is 2.48. The fraction of sp³-hybridized carbons (Fsp3) is 0.462. The number of anilines is 1. The minimum absolute atomic E-state index is 0.0355. The number of nitrogens with one attached hydrogen (secondary N) is 1. The van der Waals surface area contributed by atoms with Gasteiger partial charge in [0.05, 0.1) is 5.41 Å². The molecule has 0 atom stereocenters. The van der Waals surface area contributed by atoms with E-state index in [-0.39, 0.29) is 10.8 Å². The lowest BCUT2D eigenvalue weighted by atomic mass is 9.81. The van der Waals surface area contributed by atoms with E-state index in [1.807, 2.05) is 0 Å². The highest BCUT2D eigenvalue weighted by atomic mass is 32.2. The largest absolute Gasteiger partial charge is 0.388 e. The van der Waals surface area contributed by atoms with Crippen molar-refractivity contribution in [2.45, 2.75) is 90.4 Å². The number of hydrogen-bond acceptors (Lipinski definition) is 6. The normalized spacial score (nSPS) is 20.1. The van der Waals surface area contributed by atoms with Gasteiger partial charge in [0.2, 0.25) is 5.69 Å². The van der Waals surface area contributed by atoms with Crippen LogP contribution in [0, 0.1) is 0 Å². The summed E-state index contributed by atoms with van der Waals surface area (Å²) in [5, 5.41) is 15.7. The first-order valence-corrected chi connectivity index (χ1v) is 17.9. The van der Waals surface area contributed by atoms with E-state index in [1.165, 1.54) is 70.0 Å². The minimum Gasteiger partial charge on any atom is -0.388 e. The fourth-order valence-electron chi connectivity index (χ4n) is 7.51. The zero-order valence-corrected chi connectivity index (χ0v) is 29.4. The molecule has 0 bridgehead atoms. The van der Waals surface area contributed by atoms with E-state index in [9.17, 15) is 0 Å². The van der Waals surface area contributed by atoms with Gasteiger partial charge in [-0.05, 0) is 74.8 Å². The minimum atomic E-state index is -0.0952. The number of fused-ring (bicyclic) bond motifs is 2. The van der Waals surface area contributed by atoms with Gasteiger partial charge in [0.15, 0.2) is 5.71 Å². The predicted molar refractivity (Wildman–Crippen MR) is 193 cm³/mol. The lowest BCUT2D eigenvalue weighted by Gasteiger charge is -2.27. The molecule has 0 aromatic heterocycles. The fourth-order valence-corrected chi connectivity index (χ4v) is 7.94. The molecule has 1 aliphatic carbocycles. The third kappa shape index (κ3) is 6.93. The zero-order chi connectivity index (χ0) is 32.7. The average Bonchev–Trinajstić information content (AvgIpc) is 3.62. The average molecular weight is 643 g/mol. The van der Waals surface area contributed by atoms with Gasteiger partial charge in [-0.3, -0.25) is 0 Å². The predicted octanol–water partition coefficient (Wildman–Crippen LogP) is 9.53. The molecule has 246 valence electrons. The van der Waals surface area contributed by atoms with Gasteiger partial charge < -0.3 is 10.2 Å². The molecule has 46 heavy (non-hydrogen) atoms. The Morgan fingerprint density at radius 1 is 0.913 bits per heavy atom. The van der Waals surface area contributed by atoms with E-state index in [0.717, 1.165) is 56.6 Å². The molecule has 7 heteroatoms. The molecule has 0 fully saturated rings. The lowest BCUT2D eigenvalue weighted by molar-refractivity contribution is -0.438. The highest BCUT2D eigenvalue weighted by Gasteiger charge is 2.44. The molecule has 2 aromatic carbocycles. The van der Waals surface area contributed by atoms with Gasteiger partial charge in [0, 0.05) is 78.0 Å². The van der Waals surface area contributed by atoms with Gasteiger partial charge in [-0.1, -0.05) is 80.8 Å². The molecule has 2 aromatic rings. The second kappa shape index (κ2) is 15.2. The number of likely N-dealkylation sites (N-methyl/N-ethyl adjacent to an activating group) is 1. The van der Waals surface area contributed by atoms with Crippen LogP contribution in [-0.2, 0) is 20.2 Å². The van der Waals surface area contributed by atoms with Crippen molar-refractivity contribution in [3.63, 3.8) is 0 Å². The molecule has 5 rings (SSSR count). The smallest absolute Gasteiger partial charge is 0.209 e. The Morgan fingerprint density at radius 3 is 2.43 bits per heavy atom. The van der Waals surface area contributed by atoms with Crippen LogP contribution in [-0.4, -0.2) is 41.4 Å². The number of para-hydroxylation sites is 2. The third-order valence-corrected chi connectivity index (χ3v) is 10.6. The molecule has 0 amide bonds. The Kier molecular flexibility index (Phi) is 11.3. The van der Waals surface area contributed by atoms with Crippen LogP contribution in [0.25, 0.3) is 0 Å². The molecular weight excluding hydrogens is 591 g/mol. The molecule has 2 heterocycles. The molecule has 2 aliphatic heterocycles. The van der Waals surface area contributed by atoms with Crippen molar-refractivity contribution in [1.29, 1.82) is 0 Å². The second-order valence-electron chi connectivity index (χ2n) is 13.6. The summed E-state index contributed by atoms with van der Waals surface area (Å²) < 4.78 is 7.12. The van der Waals surface area contributed by atoms with E-state index in [4.69, 9.17) is 5.26 Å². The first-order chi connectivity index (χ1) is 22.2. The van der Waals surface area contributed by atoms with Crippen LogP contribution in [0.2, 0.25) is 0 Å². The summed E-state index contributed by atoms with van der Waals surface area (Å²) in [6.45, 7) is 13.7. The molecule has 2 N–H and O–H groups in total. The lowest BCUT2D eigenvalue weighted by Crippen LogP contribution is -2.28. The Bertz CT molecular complexity index is 1550. The number of allylic oxidation sites excluding steroid dienone is 7. The first kappa shape index (κ1) is 34.2. The van der Waals surface area contributed by atoms with Crippen molar-refractivity contribution in [1.82, 2.24) is 5.32 Å². The summed E-state index contributed by atoms with van der Waals surface area (Å²) in [5.74, 6) is 0.758. The quantitative estimate of drug-likeness (QED) is 0.0664. The van der Waals surface area contributed by atoms with Gasteiger partial charge in [-0.2, -0.15) is 4.58 Å². The Balaban J connectivity index is 1.42. The van der Waals surface area contributed by atoms with E-state index < -0.39 is 0 Å². The van der Waals surface area contributed by atoms with Gasteiger partial charge in [-0.15, -0.1) is 4.33 Å². The maximum atomic E-state index is 8.40. The number of hydrogen-bond donors (Lipinski definition) is 2. The van der Waals surface area contributed by atoms with E-state index in [0.29, 0.717) is 0 Å². The Labute approximate surface area is 280 Å². The van der Waals surface area contributed by atoms with Crippen LogP contribution in [0.4, 0.5) is 11.4 Å². The maximum Gasteiger partial charge on any atom is 0.209 e. The number of benzene rings is 2. The maximum absolute atomic E-state index is 8.40. The van der Waals surface area contributed by atoms with Crippen molar-refractivity contribution in [3.8, 4) is 0 Å². The zero-order valence-electron chi connectivity index (χ0n) is 28.6. The molecule has 0 saturated carbocycles. The summed E-state index contributed by atoms with van der Waals surface area (Å²) in [4.78, 5) is 2.49. The monoisotopic (exact) mass is 642 g/mol. The van der Waals surface area contributed by atoms with Crippen LogP contribution < -0.4 is 10.2 Å². The Morgan fingerprint density at radius 2 is 1.67 bits per heavy atom. The van der Waals surface area contributed by atoms with E-state index in [1.54, 1.807) is 0 Å².